The molecule has 0 aromatic heterocycles. The highest BCUT2D eigenvalue weighted by molar-refractivity contribution is 6.33. The third-order valence-corrected chi connectivity index (χ3v) is 6.75. The van der Waals surface area contributed by atoms with Crippen LogP contribution in [0.3, 0.4) is 0 Å². The third kappa shape index (κ3) is 4.33. The van der Waals surface area contributed by atoms with Gasteiger partial charge in [-0.1, -0.05) is 48.7 Å². The van der Waals surface area contributed by atoms with E-state index in [1.807, 2.05) is 29.2 Å². The maximum absolute atomic E-state index is 12.8. The Bertz CT molecular complexity index is 1270. The van der Waals surface area contributed by atoms with Crippen molar-refractivity contribution in [2.75, 3.05) is 0 Å². The van der Waals surface area contributed by atoms with Gasteiger partial charge in [0.15, 0.2) is 0 Å². The number of hydrogen-bond acceptors (Lipinski definition) is 3. The van der Waals surface area contributed by atoms with Gasteiger partial charge < -0.3 is 14.7 Å². The van der Waals surface area contributed by atoms with Crippen molar-refractivity contribution in [3.63, 3.8) is 0 Å². The largest absolute Gasteiger partial charge is 0.489 e. The van der Waals surface area contributed by atoms with Crippen LogP contribution in [0.4, 0.5) is 0 Å². The molecule has 1 saturated carbocycles. The molecule has 1 aliphatic carbocycles. The molecule has 1 fully saturated rings. The number of amides is 1. The number of aromatic carboxylic acids is 1. The zero-order valence-electron chi connectivity index (χ0n) is 19.0. The fourth-order valence-electron chi connectivity index (χ4n) is 4.70. The number of benzene rings is 3. The summed E-state index contributed by atoms with van der Waals surface area (Å²) in [4.78, 5) is 26.2. The van der Waals surface area contributed by atoms with Gasteiger partial charge in [-0.05, 0) is 71.5 Å². The maximum Gasteiger partial charge on any atom is 0.337 e. The Morgan fingerprint density at radius 3 is 2.67 bits per heavy atom. The average Bonchev–Trinajstić information content (AvgIpc) is 3.47. The number of nitrogens with zero attached hydrogens (tertiary/aromatic N) is 1. The zero-order chi connectivity index (χ0) is 23.8. The second-order valence-corrected chi connectivity index (χ2v) is 8.96. The van der Waals surface area contributed by atoms with E-state index in [4.69, 9.17) is 17.7 Å². The van der Waals surface area contributed by atoms with Gasteiger partial charge in [0, 0.05) is 18.2 Å². The van der Waals surface area contributed by atoms with Gasteiger partial charge in [-0.2, -0.15) is 0 Å². The van der Waals surface area contributed by atoms with Crippen LogP contribution in [0.1, 0.15) is 58.9 Å². The first-order valence-corrected chi connectivity index (χ1v) is 11.4. The highest BCUT2D eigenvalue weighted by Gasteiger charge is 2.34. The highest BCUT2D eigenvalue weighted by atomic mass is 35.5. The van der Waals surface area contributed by atoms with E-state index in [1.54, 1.807) is 30.3 Å². The Morgan fingerprint density at radius 1 is 1.09 bits per heavy atom. The van der Waals surface area contributed by atoms with Crippen LogP contribution in [0.5, 0.6) is 5.75 Å². The van der Waals surface area contributed by atoms with Crippen LogP contribution in [0, 0.1) is 0 Å². The van der Waals surface area contributed by atoms with E-state index in [1.165, 1.54) is 18.9 Å². The van der Waals surface area contributed by atoms with Crippen molar-refractivity contribution in [2.24, 2.45) is 0 Å². The molecular formula is C27H24ClNO4. The Kier molecular flexibility index (Phi) is 5.48. The molecule has 3 aromatic rings. The maximum atomic E-state index is 12.8. The van der Waals surface area contributed by atoms with E-state index >= 15 is 0 Å². The molecule has 1 aliphatic heterocycles. The Hall–Kier alpha value is -3.31. The molecule has 1 amide bonds. The molecule has 5 rings (SSSR count). The molecule has 0 radical (unpaired) electrons. The predicted molar refractivity (Wildman–Crippen MR) is 127 cm³/mol. The van der Waals surface area contributed by atoms with Crippen LogP contribution in [0.25, 0.3) is 11.1 Å². The molecular weight excluding hydrogens is 438 g/mol. The van der Waals surface area contributed by atoms with E-state index < -0.39 is 12.6 Å². The predicted octanol–water partition coefficient (Wildman–Crippen LogP) is 6.18. The van der Waals surface area contributed by atoms with E-state index in [0.717, 1.165) is 29.5 Å². The van der Waals surface area contributed by atoms with E-state index in [9.17, 15) is 14.7 Å². The van der Waals surface area contributed by atoms with Crippen molar-refractivity contribution in [3.05, 3.63) is 87.9 Å². The number of carbonyl (C=O) groups is 2. The first kappa shape index (κ1) is 20.3. The number of fused-ring (bicyclic) bond motifs is 1. The van der Waals surface area contributed by atoms with Gasteiger partial charge in [0.05, 0.1) is 12.0 Å². The molecule has 1 N–H and O–H groups in total. The molecule has 1 heterocycles. The molecule has 0 bridgehead atoms. The van der Waals surface area contributed by atoms with E-state index in [2.05, 4.69) is 0 Å². The molecule has 2 aliphatic rings. The van der Waals surface area contributed by atoms with E-state index in [0.29, 0.717) is 29.5 Å². The second-order valence-electron chi connectivity index (χ2n) is 8.55. The Labute approximate surface area is 199 Å². The molecule has 0 spiro atoms. The van der Waals surface area contributed by atoms with Crippen molar-refractivity contribution in [2.45, 2.75) is 44.9 Å². The van der Waals surface area contributed by atoms with Crippen molar-refractivity contribution >= 4 is 23.5 Å². The molecule has 5 nitrogen and oxygen atoms in total. The number of hydrogen-bond donors (Lipinski definition) is 1. The van der Waals surface area contributed by atoms with E-state index in [-0.39, 0.29) is 16.5 Å². The monoisotopic (exact) mass is 462 g/mol. The molecule has 0 saturated heterocycles. The molecule has 1 atom stereocenters. The third-order valence-electron chi connectivity index (χ3n) is 6.42. The molecule has 3 aromatic carbocycles. The Morgan fingerprint density at radius 2 is 1.88 bits per heavy atom. The highest BCUT2D eigenvalue weighted by Crippen LogP contribution is 2.33. The first-order valence-electron chi connectivity index (χ1n) is 11.6. The van der Waals surface area contributed by atoms with Gasteiger partial charge in [-0.3, -0.25) is 4.79 Å². The number of ether oxygens (including phenoxy) is 1. The summed E-state index contributed by atoms with van der Waals surface area (Å²) in [6.07, 6.45) is 4.48. The van der Waals surface area contributed by atoms with Crippen molar-refractivity contribution in [3.8, 4) is 16.9 Å². The number of rotatable bonds is 6. The lowest BCUT2D eigenvalue weighted by atomic mass is 10.0. The molecule has 33 heavy (non-hydrogen) atoms. The lowest BCUT2D eigenvalue weighted by molar-refractivity contribution is 0.0691. The minimum atomic E-state index is -1.09. The van der Waals surface area contributed by atoms with Gasteiger partial charge in [0.25, 0.3) is 5.91 Å². The van der Waals surface area contributed by atoms with Gasteiger partial charge in [-0.15, -0.1) is 0 Å². The van der Waals surface area contributed by atoms with Gasteiger partial charge in [0.2, 0.25) is 0 Å². The van der Waals surface area contributed by atoms with Crippen LogP contribution in [-0.2, 0) is 13.1 Å². The number of carbonyl (C=O) groups excluding carboxylic acids is 1. The summed E-state index contributed by atoms with van der Waals surface area (Å²) >= 11 is 5.99. The minimum absolute atomic E-state index is 0.0302. The second kappa shape index (κ2) is 8.91. The lowest BCUT2D eigenvalue weighted by Gasteiger charge is -2.23. The quantitative estimate of drug-likeness (QED) is 0.474. The first-order chi connectivity index (χ1) is 16.4. The number of carboxylic acid groups (broad SMARTS) is 1. The molecule has 168 valence electrons. The summed E-state index contributed by atoms with van der Waals surface area (Å²) in [7, 11) is 0. The average molecular weight is 463 g/mol. The van der Waals surface area contributed by atoms with Crippen molar-refractivity contribution in [1.29, 1.82) is 0 Å². The minimum Gasteiger partial charge on any atom is -0.489 e. The molecule has 1 unspecified atom stereocenters. The molecule has 6 heteroatoms. The van der Waals surface area contributed by atoms with Crippen LogP contribution in [0.2, 0.25) is 5.02 Å². The SMILES string of the molecule is [2H]C(Oc1ccc2c(c1)CN(C1CCCC1)C2=O)c1cccc(-c2ccc(Cl)c(C(=O)O)c2)c1. The lowest BCUT2D eigenvalue weighted by Crippen LogP contribution is -2.33. The van der Waals surface area contributed by atoms with Crippen molar-refractivity contribution < 1.29 is 20.8 Å². The van der Waals surface area contributed by atoms with Gasteiger partial charge >= 0.3 is 5.97 Å². The van der Waals surface area contributed by atoms with Crippen LogP contribution >= 0.6 is 11.6 Å². The summed E-state index contributed by atoms with van der Waals surface area (Å²) in [5.74, 6) is -0.455. The fourth-order valence-corrected chi connectivity index (χ4v) is 4.90. The van der Waals surface area contributed by atoms with Crippen LogP contribution in [-0.4, -0.2) is 27.9 Å². The summed E-state index contributed by atoms with van der Waals surface area (Å²) in [5.41, 5.74) is 3.79. The van der Waals surface area contributed by atoms with Gasteiger partial charge in [0.1, 0.15) is 12.3 Å². The summed E-state index contributed by atoms with van der Waals surface area (Å²) < 4.78 is 14.5. The fraction of sp³-hybridized carbons (Fsp3) is 0.259. The summed E-state index contributed by atoms with van der Waals surface area (Å²) in [5, 5.41) is 9.52. The normalized spacial score (nSPS) is 17.1. The zero-order valence-corrected chi connectivity index (χ0v) is 18.7. The van der Waals surface area contributed by atoms with Crippen LogP contribution < -0.4 is 4.74 Å². The van der Waals surface area contributed by atoms with Crippen molar-refractivity contribution in [1.82, 2.24) is 4.90 Å². The standard InChI is InChI=1S/C27H24ClNO4/c28-25-11-8-19(14-24(25)27(31)32)18-5-3-4-17(12-18)16-33-22-9-10-23-20(13-22)15-29(26(23)30)21-6-1-2-7-21/h3-5,8-14,21H,1-2,6-7,15-16H2,(H,31,32)/i16D. The smallest absolute Gasteiger partial charge is 0.337 e. The van der Waals surface area contributed by atoms with Crippen LogP contribution in [0.15, 0.2) is 60.7 Å². The Balaban J connectivity index is 1.34. The summed E-state index contributed by atoms with van der Waals surface area (Å²) in [6.45, 7) is -0.385. The number of carboxylic acids is 1. The topological polar surface area (TPSA) is 66.8 Å². The van der Waals surface area contributed by atoms with Gasteiger partial charge in [-0.25, -0.2) is 4.79 Å². The summed E-state index contributed by atoms with van der Waals surface area (Å²) in [6, 6.07) is 17.8. The number of halogens is 1.